The highest BCUT2D eigenvalue weighted by molar-refractivity contribution is 7.89. The molecule has 1 aliphatic carbocycles. The normalized spacial score (nSPS) is 20.5. The van der Waals surface area contributed by atoms with Crippen molar-refractivity contribution < 1.29 is 8.42 Å². The van der Waals surface area contributed by atoms with Gasteiger partial charge in [0, 0.05) is 19.1 Å². The number of hydrogen-bond acceptors (Lipinski definition) is 3. The summed E-state index contributed by atoms with van der Waals surface area (Å²) in [6.07, 6.45) is 4.38. The van der Waals surface area contributed by atoms with E-state index in [-0.39, 0.29) is 11.3 Å². The number of hydrogen-bond donors (Lipinski definition) is 1. The van der Waals surface area contributed by atoms with Gasteiger partial charge in [0.15, 0.2) is 0 Å². The third-order valence-electron chi connectivity index (χ3n) is 3.37. The Hall–Kier alpha value is -0.130. The van der Waals surface area contributed by atoms with E-state index in [2.05, 4.69) is 5.32 Å². The lowest BCUT2D eigenvalue weighted by atomic mass is 10.2. The smallest absolute Gasteiger partial charge is 0.218 e. The molecule has 5 heteroatoms. The summed E-state index contributed by atoms with van der Waals surface area (Å²) < 4.78 is 26.4. The molecule has 0 spiro atoms. The van der Waals surface area contributed by atoms with Crippen molar-refractivity contribution in [1.82, 2.24) is 9.62 Å². The van der Waals surface area contributed by atoms with Crippen LogP contribution in [0.4, 0.5) is 0 Å². The quantitative estimate of drug-likeness (QED) is 0.768. The summed E-state index contributed by atoms with van der Waals surface area (Å²) in [5, 5.41) is 2.60. The fourth-order valence-electron chi connectivity index (χ4n) is 2.46. The zero-order valence-corrected chi connectivity index (χ0v) is 11.4. The molecule has 16 heavy (non-hydrogen) atoms. The Kier molecular flexibility index (Phi) is 5.21. The summed E-state index contributed by atoms with van der Waals surface area (Å²) in [5.74, 6) is 0. The van der Waals surface area contributed by atoms with Gasteiger partial charge in [-0.3, -0.25) is 0 Å². The molecule has 0 aromatic carbocycles. The van der Waals surface area contributed by atoms with Crippen LogP contribution in [0.3, 0.4) is 0 Å². The molecule has 4 nitrogen and oxygen atoms in total. The summed E-state index contributed by atoms with van der Waals surface area (Å²) in [4.78, 5) is 0. The Morgan fingerprint density at radius 1 is 1.38 bits per heavy atom. The van der Waals surface area contributed by atoms with Crippen molar-refractivity contribution >= 4 is 10.0 Å². The summed E-state index contributed by atoms with van der Waals surface area (Å²) >= 11 is 0. The fraction of sp³-hybridized carbons (Fsp3) is 1.00. The number of nitrogens with one attached hydrogen (secondary N) is 1. The zero-order valence-electron chi connectivity index (χ0n) is 10.6. The molecule has 0 aromatic rings. The van der Waals surface area contributed by atoms with Crippen molar-refractivity contribution in [3.8, 4) is 0 Å². The van der Waals surface area contributed by atoms with Gasteiger partial charge in [-0.1, -0.05) is 19.8 Å². The maximum Gasteiger partial charge on any atom is 0.218 e. The SMILES string of the molecule is CCN(C1CCCC1)S(=O)(=O)C(C)CNC. The van der Waals surface area contributed by atoms with Crippen molar-refractivity contribution in [1.29, 1.82) is 0 Å². The van der Waals surface area contributed by atoms with Gasteiger partial charge in [0.2, 0.25) is 10.0 Å². The van der Waals surface area contributed by atoms with Crippen molar-refractivity contribution in [2.45, 2.75) is 50.8 Å². The molecular formula is C11H24N2O2S. The summed E-state index contributed by atoms with van der Waals surface area (Å²) in [7, 11) is -1.34. The fourth-order valence-corrected chi connectivity index (χ4v) is 4.29. The molecular weight excluding hydrogens is 224 g/mol. The molecule has 1 N–H and O–H groups in total. The molecule has 0 bridgehead atoms. The van der Waals surface area contributed by atoms with Gasteiger partial charge in [0.25, 0.3) is 0 Å². The molecule has 1 fully saturated rings. The predicted molar refractivity (Wildman–Crippen MR) is 66.9 cm³/mol. The van der Waals surface area contributed by atoms with Crippen LogP contribution in [0.25, 0.3) is 0 Å². The van der Waals surface area contributed by atoms with Crippen LogP contribution in [-0.2, 0) is 10.0 Å². The van der Waals surface area contributed by atoms with Gasteiger partial charge in [-0.05, 0) is 26.8 Å². The van der Waals surface area contributed by atoms with Crippen molar-refractivity contribution in [2.24, 2.45) is 0 Å². The summed E-state index contributed by atoms with van der Waals surface area (Å²) in [5.41, 5.74) is 0. The number of sulfonamides is 1. The first-order chi connectivity index (χ1) is 7.54. The Balaban J connectivity index is 2.77. The van der Waals surface area contributed by atoms with E-state index in [9.17, 15) is 8.42 Å². The molecule has 1 atom stereocenters. The van der Waals surface area contributed by atoms with Gasteiger partial charge in [-0.15, -0.1) is 0 Å². The summed E-state index contributed by atoms with van der Waals surface area (Å²) in [6, 6.07) is 0.245. The van der Waals surface area contributed by atoms with Gasteiger partial charge in [0.1, 0.15) is 0 Å². The van der Waals surface area contributed by atoms with E-state index in [0.717, 1.165) is 25.7 Å². The minimum atomic E-state index is -3.13. The molecule has 96 valence electrons. The maximum atomic E-state index is 12.3. The minimum absolute atomic E-state index is 0.245. The highest BCUT2D eigenvalue weighted by atomic mass is 32.2. The highest BCUT2D eigenvalue weighted by Crippen LogP contribution is 2.26. The molecule has 1 aliphatic rings. The topological polar surface area (TPSA) is 49.4 Å². The van der Waals surface area contributed by atoms with Crippen LogP contribution in [0, 0.1) is 0 Å². The zero-order chi connectivity index (χ0) is 12.2. The van der Waals surface area contributed by atoms with E-state index in [1.807, 2.05) is 6.92 Å². The Bertz CT molecular complexity index is 297. The van der Waals surface area contributed by atoms with Crippen LogP contribution in [0.15, 0.2) is 0 Å². The summed E-state index contributed by atoms with van der Waals surface area (Å²) in [6.45, 7) is 4.83. The van der Waals surface area contributed by atoms with E-state index >= 15 is 0 Å². The maximum absolute atomic E-state index is 12.3. The number of rotatable bonds is 6. The molecule has 0 amide bonds. The van der Waals surface area contributed by atoms with Crippen molar-refractivity contribution in [3.05, 3.63) is 0 Å². The van der Waals surface area contributed by atoms with Gasteiger partial charge in [0.05, 0.1) is 5.25 Å². The van der Waals surface area contributed by atoms with Crippen LogP contribution >= 0.6 is 0 Å². The first kappa shape index (κ1) is 13.9. The molecule has 1 saturated carbocycles. The van der Waals surface area contributed by atoms with Crippen molar-refractivity contribution in [2.75, 3.05) is 20.1 Å². The molecule has 0 saturated heterocycles. The molecule has 0 radical (unpaired) electrons. The predicted octanol–water partition coefficient (Wildman–Crippen LogP) is 1.19. The second kappa shape index (κ2) is 5.98. The van der Waals surface area contributed by atoms with E-state index in [1.165, 1.54) is 0 Å². The van der Waals surface area contributed by atoms with Gasteiger partial charge < -0.3 is 5.32 Å². The van der Waals surface area contributed by atoms with Crippen LogP contribution in [0.5, 0.6) is 0 Å². The average molecular weight is 248 g/mol. The van der Waals surface area contributed by atoms with Gasteiger partial charge in [-0.25, -0.2) is 8.42 Å². The monoisotopic (exact) mass is 248 g/mol. The third kappa shape index (κ3) is 2.96. The molecule has 1 unspecified atom stereocenters. The van der Waals surface area contributed by atoms with E-state index < -0.39 is 10.0 Å². The van der Waals surface area contributed by atoms with Crippen LogP contribution in [-0.4, -0.2) is 44.2 Å². The molecule has 0 aliphatic heterocycles. The van der Waals surface area contributed by atoms with E-state index in [4.69, 9.17) is 0 Å². The largest absolute Gasteiger partial charge is 0.318 e. The lowest BCUT2D eigenvalue weighted by Crippen LogP contribution is -2.45. The molecule has 0 heterocycles. The first-order valence-electron chi connectivity index (χ1n) is 6.19. The van der Waals surface area contributed by atoms with E-state index in [1.54, 1.807) is 18.3 Å². The standard InChI is InChI=1S/C11H24N2O2S/c1-4-13(11-7-5-6-8-11)16(14,15)10(2)9-12-3/h10-12H,4-9H2,1-3H3. The van der Waals surface area contributed by atoms with Gasteiger partial charge in [-0.2, -0.15) is 4.31 Å². The highest BCUT2D eigenvalue weighted by Gasteiger charge is 2.33. The lowest BCUT2D eigenvalue weighted by molar-refractivity contribution is 0.331. The molecule has 0 aromatic heterocycles. The van der Waals surface area contributed by atoms with Crippen molar-refractivity contribution in [3.63, 3.8) is 0 Å². The molecule has 1 rings (SSSR count). The van der Waals surface area contributed by atoms with Crippen LogP contribution in [0.1, 0.15) is 39.5 Å². The van der Waals surface area contributed by atoms with E-state index in [0.29, 0.717) is 13.1 Å². The third-order valence-corrected chi connectivity index (χ3v) is 5.76. The van der Waals surface area contributed by atoms with Crippen LogP contribution < -0.4 is 5.32 Å². The van der Waals surface area contributed by atoms with Gasteiger partial charge >= 0.3 is 0 Å². The lowest BCUT2D eigenvalue weighted by Gasteiger charge is -2.29. The second-order valence-corrected chi connectivity index (χ2v) is 6.86. The van der Waals surface area contributed by atoms with Crippen LogP contribution in [0.2, 0.25) is 0 Å². The minimum Gasteiger partial charge on any atom is -0.318 e. The average Bonchev–Trinajstić information content (AvgIpc) is 2.72. The second-order valence-electron chi connectivity index (χ2n) is 4.55. The number of nitrogens with zero attached hydrogens (tertiary/aromatic N) is 1. The Morgan fingerprint density at radius 3 is 2.38 bits per heavy atom. The first-order valence-corrected chi connectivity index (χ1v) is 7.69. The Labute approximate surface area is 99.5 Å². The Morgan fingerprint density at radius 2 is 1.94 bits per heavy atom.